The zero-order chi connectivity index (χ0) is 27.8. The SMILES string of the molecule is CC(C)C1C=C(C(=O)NCc2ccc(C(=O)Nc3ccccc3N)cc2)OC(OCc2ccc(CO)cc2)C1. The van der Waals surface area contributed by atoms with Crippen LogP contribution in [0.1, 0.15) is 47.3 Å². The van der Waals surface area contributed by atoms with Gasteiger partial charge in [-0.2, -0.15) is 0 Å². The summed E-state index contributed by atoms with van der Waals surface area (Å²) in [5.41, 5.74) is 10.1. The molecule has 8 nitrogen and oxygen atoms in total. The third kappa shape index (κ3) is 7.69. The van der Waals surface area contributed by atoms with E-state index in [-0.39, 0.29) is 36.6 Å². The van der Waals surface area contributed by atoms with Crippen molar-refractivity contribution in [2.75, 3.05) is 11.1 Å². The molecule has 0 aromatic heterocycles. The zero-order valence-electron chi connectivity index (χ0n) is 22.2. The number of ether oxygens (including phenoxy) is 2. The largest absolute Gasteiger partial charge is 0.459 e. The lowest BCUT2D eigenvalue weighted by atomic mass is 9.90. The minimum Gasteiger partial charge on any atom is -0.459 e. The summed E-state index contributed by atoms with van der Waals surface area (Å²) >= 11 is 0. The molecule has 0 saturated heterocycles. The number of aliphatic hydroxyl groups excluding tert-OH is 1. The lowest BCUT2D eigenvalue weighted by Gasteiger charge is -2.31. The van der Waals surface area contributed by atoms with Gasteiger partial charge in [0.15, 0.2) is 5.76 Å². The summed E-state index contributed by atoms with van der Waals surface area (Å²) in [7, 11) is 0. The molecule has 3 aromatic rings. The average molecular weight is 530 g/mol. The molecule has 3 aromatic carbocycles. The van der Waals surface area contributed by atoms with Gasteiger partial charge >= 0.3 is 0 Å². The van der Waals surface area contributed by atoms with Gasteiger partial charge in [0.1, 0.15) is 0 Å². The van der Waals surface area contributed by atoms with E-state index < -0.39 is 6.29 Å². The first-order chi connectivity index (χ1) is 18.8. The van der Waals surface area contributed by atoms with Gasteiger partial charge in [-0.05, 0) is 58.9 Å². The number of allylic oxidation sites excluding steroid dienone is 1. The van der Waals surface area contributed by atoms with Gasteiger partial charge in [-0.25, -0.2) is 0 Å². The van der Waals surface area contributed by atoms with Crippen molar-refractivity contribution in [1.82, 2.24) is 5.32 Å². The number of benzene rings is 3. The van der Waals surface area contributed by atoms with Crippen molar-refractivity contribution in [3.63, 3.8) is 0 Å². The Balaban J connectivity index is 1.32. The molecule has 0 fully saturated rings. The Bertz CT molecular complexity index is 1300. The molecule has 5 N–H and O–H groups in total. The van der Waals surface area contributed by atoms with Gasteiger partial charge in [0.2, 0.25) is 6.29 Å². The van der Waals surface area contributed by atoms with E-state index in [0.29, 0.717) is 35.9 Å². The Kier molecular flexibility index (Phi) is 9.35. The minimum absolute atomic E-state index is 0.00447. The van der Waals surface area contributed by atoms with Crippen molar-refractivity contribution < 1.29 is 24.2 Å². The number of hydrogen-bond donors (Lipinski definition) is 4. The number of amides is 2. The number of nitrogen functional groups attached to an aromatic ring is 1. The second-order valence-electron chi connectivity index (χ2n) is 9.93. The molecule has 2 unspecified atom stereocenters. The third-order valence-corrected chi connectivity index (χ3v) is 6.69. The van der Waals surface area contributed by atoms with Crippen LogP contribution in [0.4, 0.5) is 11.4 Å². The predicted molar refractivity (Wildman–Crippen MR) is 150 cm³/mol. The second kappa shape index (κ2) is 13.1. The van der Waals surface area contributed by atoms with Crippen molar-refractivity contribution in [1.29, 1.82) is 0 Å². The van der Waals surface area contributed by atoms with E-state index in [9.17, 15) is 14.7 Å². The fourth-order valence-corrected chi connectivity index (χ4v) is 4.19. The van der Waals surface area contributed by atoms with Gasteiger partial charge < -0.3 is 30.9 Å². The Morgan fingerprint density at radius 1 is 0.974 bits per heavy atom. The monoisotopic (exact) mass is 529 g/mol. The molecule has 204 valence electrons. The van der Waals surface area contributed by atoms with Crippen LogP contribution in [0, 0.1) is 11.8 Å². The van der Waals surface area contributed by atoms with E-state index in [0.717, 1.165) is 16.7 Å². The van der Waals surface area contributed by atoms with Gasteiger partial charge in [-0.15, -0.1) is 0 Å². The molecule has 1 heterocycles. The van der Waals surface area contributed by atoms with Crippen LogP contribution in [0.15, 0.2) is 84.6 Å². The Morgan fingerprint density at radius 2 is 1.64 bits per heavy atom. The summed E-state index contributed by atoms with van der Waals surface area (Å²) in [4.78, 5) is 25.5. The fraction of sp³-hybridized carbons (Fsp3) is 0.290. The summed E-state index contributed by atoms with van der Waals surface area (Å²) in [6.07, 6.45) is 1.98. The molecule has 39 heavy (non-hydrogen) atoms. The highest BCUT2D eigenvalue weighted by Gasteiger charge is 2.29. The van der Waals surface area contributed by atoms with E-state index in [1.807, 2.05) is 30.3 Å². The van der Waals surface area contributed by atoms with Crippen molar-refractivity contribution in [3.05, 3.63) is 107 Å². The highest BCUT2D eigenvalue weighted by Crippen LogP contribution is 2.29. The molecular formula is C31H35N3O5. The predicted octanol–water partition coefficient (Wildman–Crippen LogP) is 4.75. The van der Waals surface area contributed by atoms with Crippen LogP contribution in [-0.4, -0.2) is 23.2 Å². The fourth-order valence-electron chi connectivity index (χ4n) is 4.19. The minimum atomic E-state index is -0.544. The van der Waals surface area contributed by atoms with Crippen LogP contribution in [0.5, 0.6) is 0 Å². The summed E-state index contributed by atoms with van der Waals surface area (Å²) in [5, 5.41) is 14.9. The molecule has 2 atom stereocenters. The average Bonchev–Trinajstić information content (AvgIpc) is 2.96. The Labute approximate surface area is 228 Å². The first kappa shape index (κ1) is 27.9. The van der Waals surface area contributed by atoms with Gasteiger partial charge in [0.05, 0.1) is 24.6 Å². The topological polar surface area (TPSA) is 123 Å². The summed E-state index contributed by atoms with van der Waals surface area (Å²) in [5.74, 6) is 0.119. The van der Waals surface area contributed by atoms with Crippen LogP contribution in [0.2, 0.25) is 0 Å². The molecule has 0 bridgehead atoms. The molecule has 2 amide bonds. The number of para-hydroxylation sites is 2. The molecule has 4 rings (SSSR count). The maximum absolute atomic E-state index is 13.0. The smallest absolute Gasteiger partial charge is 0.286 e. The lowest BCUT2D eigenvalue weighted by molar-refractivity contribution is -0.155. The number of hydrogen-bond acceptors (Lipinski definition) is 6. The maximum Gasteiger partial charge on any atom is 0.286 e. The Morgan fingerprint density at radius 3 is 2.31 bits per heavy atom. The van der Waals surface area contributed by atoms with Crippen LogP contribution < -0.4 is 16.4 Å². The number of nitrogens with two attached hydrogens (primary N) is 1. The van der Waals surface area contributed by atoms with Gasteiger partial charge in [-0.3, -0.25) is 9.59 Å². The number of nitrogens with one attached hydrogen (secondary N) is 2. The van der Waals surface area contributed by atoms with Crippen LogP contribution in [0.3, 0.4) is 0 Å². The quantitative estimate of drug-likeness (QED) is 0.281. The van der Waals surface area contributed by atoms with Crippen LogP contribution in [0.25, 0.3) is 0 Å². The number of aliphatic hydroxyl groups is 1. The zero-order valence-corrected chi connectivity index (χ0v) is 22.2. The lowest BCUT2D eigenvalue weighted by Crippen LogP contribution is -2.34. The van der Waals surface area contributed by atoms with Crippen molar-refractivity contribution in [2.24, 2.45) is 11.8 Å². The van der Waals surface area contributed by atoms with Crippen LogP contribution in [-0.2, 0) is 34.0 Å². The van der Waals surface area contributed by atoms with E-state index in [1.165, 1.54) is 0 Å². The third-order valence-electron chi connectivity index (χ3n) is 6.69. The normalized spacial score (nSPS) is 16.8. The molecule has 0 radical (unpaired) electrons. The second-order valence-corrected chi connectivity index (χ2v) is 9.93. The van der Waals surface area contributed by atoms with Crippen LogP contribution >= 0.6 is 0 Å². The maximum atomic E-state index is 13.0. The summed E-state index contributed by atoms with van der Waals surface area (Å²) in [6.45, 7) is 4.83. The molecule has 8 heteroatoms. The van der Waals surface area contributed by atoms with Crippen molar-refractivity contribution >= 4 is 23.2 Å². The van der Waals surface area contributed by atoms with E-state index >= 15 is 0 Å². The summed E-state index contributed by atoms with van der Waals surface area (Å²) < 4.78 is 11.9. The number of rotatable bonds is 10. The molecular weight excluding hydrogens is 494 g/mol. The van der Waals surface area contributed by atoms with E-state index in [2.05, 4.69) is 24.5 Å². The first-order valence-corrected chi connectivity index (χ1v) is 13.0. The van der Waals surface area contributed by atoms with Gasteiger partial charge in [-0.1, -0.05) is 62.4 Å². The summed E-state index contributed by atoms with van der Waals surface area (Å²) in [6, 6.07) is 21.6. The van der Waals surface area contributed by atoms with E-state index in [1.54, 1.807) is 48.5 Å². The number of carbonyl (C=O) groups is 2. The molecule has 1 aliphatic heterocycles. The molecule has 1 aliphatic rings. The molecule has 0 saturated carbocycles. The van der Waals surface area contributed by atoms with Crippen molar-refractivity contribution in [2.45, 2.75) is 46.3 Å². The highest BCUT2D eigenvalue weighted by atomic mass is 16.7. The highest BCUT2D eigenvalue weighted by molar-refractivity contribution is 6.05. The number of anilines is 2. The Hall–Kier alpha value is -4.14. The van der Waals surface area contributed by atoms with Crippen molar-refractivity contribution in [3.8, 4) is 0 Å². The molecule has 0 spiro atoms. The standard InChI is InChI=1S/C31H35N3O5/c1-20(2)25-15-28(39-29(16-25)38-19-23-9-7-22(18-35)8-10-23)31(37)33-17-21-11-13-24(14-12-21)30(36)34-27-6-4-3-5-26(27)32/h3-15,20,25,29,35H,16-19,32H2,1-2H3,(H,33,37)(H,34,36). The van der Waals surface area contributed by atoms with E-state index in [4.69, 9.17) is 15.2 Å². The molecule has 0 aliphatic carbocycles. The number of carbonyl (C=O) groups excluding carboxylic acids is 2. The van der Waals surface area contributed by atoms with Gasteiger partial charge in [0, 0.05) is 18.5 Å². The first-order valence-electron chi connectivity index (χ1n) is 13.0. The van der Waals surface area contributed by atoms with Gasteiger partial charge in [0.25, 0.3) is 11.8 Å².